The molecule has 0 aromatic carbocycles. The van der Waals surface area contributed by atoms with Crippen LogP contribution in [0.2, 0.25) is 0 Å². The largest absolute Gasteiger partial charge is 0.479 e. The molecule has 12 heavy (non-hydrogen) atoms. The van der Waals surface area contributed by atoms with Crippen LogP contribution in [0.1, 0.15) is 32.6 Å². The van der Waals surface area contributed by atoms with Crippen LogP contribution in [0.3, 0.4) is 0 Å². The summed E-state index contributed by atoms with van der Waals surface area (Å²) >= 11 is 0. The van der Waals surface area contributed by atoms with Gasteiger partial charge in [-0.2, -0.15) is 0 Å². The molecule has 0 aromatic rings. The number of carbonyl (C=O) groups is 1. The van der Waals surface area contributed by atoms with E-state index < -0.39 is 18.1 Å². The first-order valence-electron chi connectivity index (χ1n) is 4.26. The monoisotopic (exact) mass is 175 g/mol. The molecule has 0 saturated carbocycles. The maximum atomic E-state index is 10.2. The Morgan fingerprint density at radius 2 is 2.08 bits per heavy atom. The standard InChI is InChI=1S/C8H17NO3/c1-2-3-4-5-6(9)7(10)8(11)12/h6-7,10H,2-5,9H2,1H3,(H,11,12)/t6-,7+/m1/s1. The van der Waals surface area contributed by atoms with E-state index in [1.165, 1.54) is 0 Å². The lowest BCUT2D eigenvalue weighted by Gasteiger charge is -2.13. The number of aliphatic carboxylic acids is 1. The number of unbranched alkanes of at least 4 members (excludes halogenated alkanes) is 2. The maximum absolute atomic E-state index is 10.2. The van der Waals surface area contributed by atoms with Gasteiger partial charge in [0.2, 0.25) is 0 Å². The van der Waals surface area contributed by atoms with Crippen LogP contribution in [0.5, 0.6) is 0 Å². The highest BCUT2D eigenvalue weighted by Crippen LogP contribution is 2.04. The zero-order chi connectivity index (χ0) is 9.56. The average molecular weight is 175 g/mol. The summed E-state index contributed by atoms with van der Waals surface area (Å²) in [5.74, 6) is -1.24. The second-order valence-electron chi connectivity index (χ2n) is 2.94. The highest BCUT2D eigenvalue weighted by molar-refractivity contribution is 5.72. The fourth-order valence-electron chi connectivity index (χ4n) is 0.971. The van der Waals surface area contributed by atoms with Gasteiger partial charge in [-0.3, -0.25) is 0 Å². The lowest BCUT2D eigenvalue weighted by molar-refractivity contribution is -0.147. The quantitative estimate of drug-likeness (QED) is 0.508. The zero-order valence-corrected chi connectivity index (χ0v) is 7.36. The minimum Gasteiger partial charge on any atom is -0.479 e. The van der Waals surface area contributed by atoms with E-state index in [1.54, 1.807) is 0 Å². The van der Waals surface area contributed by atoms with Gasteiger partial charge in [-0.05, 0) is 6.42 Å². The van der Waals surface area contributed by atoms with Crippen molar-refractivity contribution < 1.29 is 15.0 Å². The van der Waals surface area contributed by atoms with Crippen LogP contribution in [0.4, 0.5) is 0 Å². The first-order valence-corrected chi connectivity index (χ1v) is 4.26. The van der Waals surface area contributed by atoms with Gasteiger partial charge in [0.25, 0.3) is 0 Å². The Morgan fingerprint density at radius 3 is 2.50 bits per heavy atom. The van der Waals surface area contributed by atoms with E-state index in [4.69, 9.17) is 15.9 Å². The molecule has 0 aliphatic rings. The van der Waals surface area contributed by atoms with E-state index >= 15 is 0 Å². The van der Waals surface area contributed by atoms with Crippen molar-refractivity contribution in [3.63, 3.8) is 0 Å². The smallest absolute Gasteiger partial charge is 0.334 e. The lowest BCUT2D eigenvalue weighted by Crippen LogP contribution is -2.40. The van der Waals surface area contributed by atoms with Gasteiger partial charge >= 0.3 is 5.97 Å². The normalized spacial score (nSPS) is 15.6. The van der Waals surface area contributed by atoms with Crippen molar-refractivity contribution in [2.75, 3.05) is 0 Å². The fraction of sp³-hybridized carbons (Fsp3) is 0.875. The van der Waals surface area contributed by atoms with Crippen molar-refractivity contribution in [1.29, 1.82) is 0 Å². The molecule has 0 aromatic heterocycles. The Morgan fingerprint density at radius 1 is 1.50 bits per heavy atom. The molecule has 0 spiro atoms. The van der Waals surface area contributed by atoms with Gasteiger partial charge < -0.3 is 15.9 Å². The summed E-state index contributed by atoms with van der Waals surface area (Å²) in [6, 6.07) is -0.631. The van der Waals surface area contributed by atoms with Crippen LogP contribution < -0.4 is 5.73 Å². The number of carboxylic acid groups (broad SMARTS) is 1. The maximum Gasteiger partial charge on any atom is 0.334 e. The number of aliphatic hydroxyl groups is 1. The Labute approximate surface area is 72.4 Å². The summed E-state index contributed by atoms with van der Waals surface area (Å²) in [7, 11) is 0. The molecule has 4 heteroatoms. The molecule has 0 rings (SSSR count). The minimum atomic E-state index is -1.41. The Balaban J connectivity index is 3.56. The van der Waals surface area contributed by atoms with Gasteiger partial charge in [-0.15, -0.1) is 0 Å². The van der Waals surface area contributed by atoms with Gasteiger partial charge in [-0.25, -0.2) is 4.79 Å². The summed E-state index contributed by atoms with van der Waals surface area (Å²) in [6.45, 7) is 2.05. The van der Waals surface area contributed by atoms with E-state index in [2.05, 4.69) is 6.92 Å². The van der Waals surface area contributed by atoms with Crippen LogP contribution >= 0.6 is 0 Å². The van der Waals surface area contributed by atoms with E-state index in [0.29, 0.717) is 6.42 Å². The molecule has 4 nitrogen and oxygen atoms in total. The predicted molar refractivity (Wildman–Crippen MR) is 45.8 cm³/mol. The number of aliphatic hydroxyl groups excluding tert-OH is 1. The van der Waals surface area contributed by atoms with Gasteiger partial charge in [0.05, 0.1) is 0 Å². The number of hydrogen-bond donors (Lipinski definition) is 3. The van der Waals surface area contributed by atoms with Crippen LogP contribution in [-0.2, 0) is 4.79 Å². The predicted octanol–water partition coefficient (Wildman–Crippen LogP) is 0.340. The second kappa shape index (κ2) is 5.97. The van der Waals surface area contributed by atoms with Crippen LogP contribution in [-0.4, -0.2) is 28.3 Å². The van der Waals surface area contributed by atoms with Gasteiger partial charge in [0.1, 0.15) is 0 Å². The molecule has 2 atom stereocenters. The highest BCUT2D eigenvalue weighted by Gasteiger charge is 2.20. The molecule has 0 fully saturated rings. The molecular formula is C8H17NO3. The van der Waals surface area contributed by atoms with Crippen molar-refractivity contribution in [2.24, 2.45) is 5.73 Å². The first-order chi connectivity index (χ1) is 5.59. The van der Waals surface area contributed by atoms with Crippen LogP contribution in [0.25, 0.3) is 0 Å². The van der Waals surface area contributed by atoms with Gasteiger partial charge in [0.15, 0.2) is 6.10 Å². The molecule has 0 unspecified atom stereocenters. The lowest BCUT2D eigenvalue weighted by atomic mass is 10.0. The van der Waals surface area contributed by atoms with Crippen LogP contribution in [0.15, 0.2) is 0 Å². The number of carboxylic acids is 1. The molecule has 0 aliphatic heterocycles. The van der Waals surface area contributed by atoms with E-state index in [1.807, 2.05) is 0 Å². The molecule has 0 amide bonds. The highest BCUT2D eigenvalue weighted by atomic mass is 16.4. The summed E-state index contributed by atoms with van der Waals surface area (Å²) in [4.78, 5) is 10.2. The number of rotatable bonds is 6. The molecule has 0 bridgehead atoms. The fourth-order valence-corrected chi connectivity index (χ4v) is 0.971. The number of nitrogens with two attached hydrogens (primary N) is 1. The SMILES string of the molecule is CCCCC[C@@H](N)[C@H](O)C(=O)O. The molecule has 4 N–H and O–H groups in total. The number of hydrogen-bond acceptors (Lipinski definition) is 3. The Bertz CT molecular complexity index is 138. The van der Waals surface area contributed by atoms with E-state index in [9.17, 15) is 4.79 Å². The van der Waals surface area contributed by atoms with Crippen molar-refractivity contribution >= 4 is 5.97 Å². The summed E-state index contributed by atoms with van der Waals surface area (Å²) in [6.07, 6.45) is 2.13. The molecule has 0 heterocycles. The first kappa shape index (κ1) is 11.4. The van der Waals surface area contributed by atoms with Crippen molar-refractivity contribution in [3.8, 4) is 0 Å². The van der Waals surface area contributed by atoms with Crippen LogP contribution in [0, 0.1) is 0 Å². The third-order valence-electron chi connectivity index (χ3n) is 1.80. The van der Waals surface area contributed by atoms with E-state index in [-0.39, 0.29) is 0 Å². The van der Waals surface area contributed by atoms with Gasteiger partial charge in [-0.1, -0.05) is 26.2 Å². The molecule has 0 saturated heterocycles. The topological polar surface area (TPSA) is 83.5 Å². The third-order valence-corrected chi connectivity index (χ3v) is 1.80. The Kier molecular flexibility index (Phi) is 5.66. The minimum absolute atomic E-state index is 0.571. The van der Waals surface area contributed by atoms with E-state index in [0.717, 1.165) is 19.3 Å². The van der Waals surface area contributed by atoms with Crippen molar-refractivity contribution in [2.45, 2.75) is 44.8 Å². The molecule has 0 radical (unpaired) electrons. The summed E-state index contributed by atoms with van der Waals surface area (Å²) in [5, 5.41) is 17.3. The van der Waals surface area contributed by atoms with Crippen molar-refractivity contribution in [3.05, 3.63) is 0 Å². The van der Waals surface area contributed by atoms with Gasteiger partial charge in [0, 0.05) is 6.04 Å². The van der Waals surface area contributed by atoms with Crippen molar-refractivity contribution in [1.82, 2.24) is 0 Å². The molecule has 72 valence electrons. The molecular weight excluding hydrogens is 158 g/mol. The molecule has 0 aliphatic carbocycles. The summed E-state index contributed by atoms with van der Waals surface area (Å²) in [5.41, 5.74) is 5.43. The Hall–Kier alpha value is -0.610. The summed E-state index contributed by atoms with van der Waals surface area (Å²) < 4.78 is 0. The third kappa shape index (κ3) is 4.31. The zero-order valence-electron chi connectivity index (χ0n) is 7.36. The second-order valence-corrected chi connectivity index (χ2v) is 2.94. The average Bonchev–Trinajstić information content (AvgIpc) is 2.03.